The molecule has 2 aromatic rings. The van der Waals surface area contributed by atoms with Gasteiger partial charge in [0, 0.05) is 23.5 Å². The maximum atomic E-state index is 13.2. The molecule has 0 spiro atoms. The summed E-state index contributed by atoms with van der Waals surface area (Å²) in [4.78, 5) is 39.8. The van der Waals surface area contributed by atoms with E-state index in [0.29, 0.717) is 17.0 Å². The Labute approximate surface area is 178 Å². The predicted molar refractivity (Wildman–Crippen MR) is 117 cm³/mol. The van der Waals surface area contributed by atoms with Crippen LogP contribution in [0.2, 0.25) is 0 Å². The summed E-state index contributed by atoms with van der Waals surface area (Å²) in [6.07, 6.45) is 0.963. The minimum Gasteiger partial charge on any atom is -0.348 e. The number of urea groups is 1. The highest BCUT2D eigenvalue weighted by molar-refractivity contribution is 6.11. The summed E-state index contributed by atoms with van der Waals surface area (Å²) in [5.41, 5.74) is 3.14. The number of hydrogen-bond donors (Lipinski definition) is 1. The molecule has 30 heavy (non-hydrogen) atoms. The van der Waals surface area contributed by atoms with Crippen LogP contribution in [0.15, 0.2) is 30.3 Å². The van der Waals surface area contributed by atoms with Crippen molar-refractivity contribution in [2.75, 3.05) is 6.54 Å². The van der Waals surface area contributed by atoms with Crippen molar-refractivity contribution in [3.05, 3.63) is 58.4 Å². The average Bonchev–Trinajstić information content (AvgIpc) is 3.11. The standard InChI is InChI=1S/C24H31N3O3/c1-7-12-26-16(4)13-20(17(26)5)21(28)14-27-22(29)24(6,25-23(27)30)19-10-8-18(9-11-19)15(2)3/h8-11,13,15H,7,12,14H2,1-6H3,(H,25,30)/t24-/m1/s1. The van der Waals surface area contributed by atoms with Gasteiger partial charge in [0.2, 0.25) is 0 Å². The van der Waals surface area contributed by atoms with Crippen molar-refractivity contribution in [2.45, 2.75) is 66.0 Å². The molecule has 2 heterocycles. The molecule has 1 fully saturated rings. The van der Waals surface area contributed by atoms with Gasteiger partial charge in [-0.3, -0.25) is 14.5 Å². The molecule has 3 rings (SSSR count). The predicted octanol–water partition coefficient (Wildman–Crippen LogP) is 4.29. The smallest absolute Gasteiger partial charge is 0.325 e. The third-order valence-corrected chi connectivity index (χ3v) is 6.05. The first-order valence-electron chi connectivity index (χ1n) is 10.5. The zero-order valence-electron chi connectivity index (χ0n) is 18.7. The molecular formula is C24H31N3O3. The van der Waals surface area contributed by atoms with Crippen LogP contribution in [0, 0.1) is 13.8 Å². The van der Waals surface area contributed by atoms with E-state index in [9.17, 15) is 14.4 Å². The number of Topliss-reactive ketones (excluding diaryl/α,β-unsaturated/α-hetero) is 1. The summed E-state index contributed by atoms with van der Waals surface area (Å²) in [6.45, 7) is 12.4. The molecule has 3 amide bonds. The zero-order valence-corrected chi connectivity index (χ0v) is 18.7. The van der Waals surface area contributed by atoms with Gasteiger partial charge >= 0.3 is 6.03 Å². The van der Waals surface area contributed by atoms with Crippen molar-refractivity contribution in [1.82, 2.24) is 14.8 Å². The van der Waals surface area contributed by atoms with Gasteiger partial charge in [-0.25, -0.2) is 4.79 Å². The second-order valence-electron chi connectivity index (χ2n) is 8.58. The topological polar surface area (TPSA) is 71.4 Å². The van der Waals surface area contributed by atoms with E-state index in [1.165, 1.54) is 0 Å². The Hall–Kier alpha value is -2.89. The lowest BCUT2D eigenvalue weighted by molar-refractivity contribution is -0.130. The largest absolute Gasteiger partial charge is 0.348 e. The van der Waals surface area contributed by atoms with E-state index < -0.39 is 17.5 Å². The van der Waals surface area contributed by atoms with Crippen LogP contribution in [0.3, 0.4) is 0 Å². The molecule has 1 atom stereocenters. The fraction of sp³-hybridized carbons (Fsp3) is 0.458. The van der Waals surface area contributed by atoms with Crippen LogP contribution in [0.1, 0.15) is 72.9 Å². The Bertz CT molecular complexity index is 988. The molecule has 0 aliphatic carbocycles. The van der Waals surface area contributed by atoms with Gasteiger partial charge in [-0.2, -0.15) is 0 Å². The van der Waals surface area contributed by atoms with Gasteiger partial charge in [-0.05, 0) is 50.3 Å². The van der Waals surface area contributed by atoms with Gasteiger partial charge in [0.15, 0.2) is 5.78 Å². The number of amides is 3. The van der Waals surface area contributed by atoms with E-state index >= 15 is 0 Å². The number of imide groups is 1. The van der Waals surface area contributed by atoms with Gasteiger partial charge in [0.25, 0.3) is 5.91 Å². The highest BCUT2D eigenvalue weighted by Gasteiger charge is 2.49. The molecule has 0 radical (unpaired) electrons. The Morgan fingerprint density at radius 2 is 1.77 bits per heavy atom. The molecule has 1 saturated heterocycles. The van der Waals surface area contributed by atoms with E-state index in [4.69, 9.17) is 0 Å². The number of hydrogen-bond acceptors (Lipinski definition) is 3. The fourth-order valence-electron chi connectivity index (χ4n) is 4.12. The van der Waals surface area contributed by atoms with Gasteiger partial charge < -0.3 is 9.88 Å². The maximum Gasteiger partial charge on any atom is 0.325 e. The Balaban J connectivity index is 1.83. The molecular weight excluding hydrogens is 378 g/mol. The van der Waals surface area contributed by atoms with Gasteiger partial charge in [0.05, 0.1) is 6.54 Å². The number of rotatable bonds is 7. The van der Waals surface area contributed by atoms with Gasteiger partial charge in [-0.15, -0.1) is 0 Å². The first kappa shape index (κ1) is 21.8. The summed E-state index contributed by atoms with van der Waals surface area (Å²) in [5.74, 6) is -0.254. The quantitative estimate of drug-likeness (QED) is 0.548. The van der Waals surface area contributed by atoms with Crippen LogP contribution in [0.25, 0.3) is 0 Å². The molecule has 0 bridgehead atoms. The number of aryl methyl sites for hydroxylation is 1. The highest BCUT2D eigenvalue weighted by Crippen LogP contribution is 2.30. The molecule has 1 aromatic carbocycles. The number of carbonyl (C=O) groups is 3. The third kappa shape index (κ3) is 3.66. The van der Waals surface area contributed by atoms with Crippen molar-refractivity contribution in [3.8, 4) is 0 Å². The van der Waals surface area contributed by atoms with E-state index in [0.717, 1.165) is 34.8 Å². The molecule has 1 aliphatic rings. The Morgan fingerprint density at radius 1 is 1.13 bits per heavy atom. The normalized spacial score (nSPS) is 19.0. The summed E-state index contributed by atoms with van der Waals surface area (Å²) in [5, 5.41) is 2.78. The average molecular weight is 410 g/mol. The van der Waals surface area contributed by atoms with E-state index in [-0.39, 0.29) is 12.3 Å². The van der Waals surface area contributed by atoms with Crippen LogP contribution in [0.5, 0.6) is 0 Å². The maximum absolute atomic E-state index is 13.2. The lowest BCUT2D eigenvalue weighted by atomic mass is 9.90. The number of aromatic nitrogens is 1. The van der Waals surface area contributed by atoms with Crippen LogP contribution in [-0.2, 0) is 16.9 Å². The second kappa shape index (κ2) is 8.09. The number of benzene rings is 1. The monoisotopic (exact) mass is 409 g/mol. The molecule has 1 aliphatic heterocycles. The van der Waals surface area contributed by atoms with Gasteiger partial charge in [0.1, 0.15) is 5.54 Å². The van der Waals surface area contributed by atoms with Crippen molar-refractivity contribution in [1.29, 1.82) is 0 Å². The van der Waals surface area contributed by atoms with Crippen molar-refractivity contribution >= 4 is 17.7 Å². The number of nitrogens with zero attached hydrogens (tertiary/aromatic N) is 2. The first-order valence-corrected chi connectivity index (χ1v) is 10.5. The van der Waals surface area contributed by atoms with Crippen LogP contribution < -0.4 is 5.32 Å². The molecule has 6 heteroatoms. The van der Waals surface area contributed by atoms with Crippen LogP contribution in [-0.4, -0.2) is 33.7 Å². The Kier molecular flexibility index (Phi) is 5.88. The van der Waals surface area contributed by atoms with Crippen LogP contribution >= 0.6 is 0 Å². The summed E-state index contributed by atoms with van der Waals surface area (Å²) in [7, 11) is 0. The van der Waals surface area contributed by atoms with Gasteiger partial charge in [-0.1, -0.05) is 45.0 Å². The molecule has 160 valence electrons. The third-order valence-electron chi connectivity index (χ3n) is 6.05. The van der Waals surface area contributed by atoms with Crippen LogP contribution in [0.4, 0.5) is 4.79 Å². The van der Waals surface area contributed by atoms with E-state index in [1.54, 1.807) is 6.92 Å². The molecule has 1 N–H and O–H groups in total. The Morgan fingerprint density at radius 3 is 2.33 bits per heavy atom. The molecule has 6 nitrogen and oxygen atoms in total. The molecule has 1 aromatic heterocycles. The number of carbonyl (C=O) groups excluding carboxylic acids is 3. The lowest BCUT2D eigenvalue weighted by Crippen LogP contribution is -2.41. The minimum absolute atomic E-state index is 0.228. The summed E-state index contributed by atoms with van der Waals surface area (Å²) < 4.78 is 2.10. The first-order chi connectivity index (χ1) is 14.1. The molecule has 0 unspecified atom stereocenters. The van der Waals surface area contributed by atoms with Crippen molar-refractivity contribution in [2.24, 2.45) is 0 Å². The zero-order chi connectivity index (χ0) is 22.2. The summed E-state index contributed by atoms with van der Waals surface area (Å²) in [6, 6.07) is 9.00. The fourth-order valence-corrected chi connectivity index (χ4v) is 4.12. The van der Waals surface area contributed by atoms with Crippen molar-refractivity contribution < 1.29 is 14.4 Å². The molecule has 0 saturated carbocycles. The second-order valence-corrected chi connectivity index (χ2v) is 8.58. The highest BCUT2D eigenvalue weighted by atomic mass is 16.2. The van der Waals surface area contributed by atoms with E-state index in [2.05, 4.69) is 30.7 Å². The van der Waals surface area contributed by atoms with E-state index in [1.807, 2.05) is 44.2 Å². The number of ketones is 1. The minimum atomic E-state index is -1.17. The number of nitrogens with one attached hydrogen (secondary N) is 1. The summed E-state index contributed by atoms with van der Waals surface area (Å²) >= 11 is 0. The van der Waals surface area contributed by atoms with Crippen molar-refractivity contribution in [3.63, 3.8) is 0 Å². The SMILES string of the molecule is CCCn1c(C)cc(C(=O)CN2C(=O)N[C@](C)(c3ccc(C(C)C)cc3)C2=O)c1C. The lowest BCUT2D eigenvalue weighted by Gasteiger charge is -2.22.